The predicted molar refractivity (Wildman–Crippen MR) is 101 cm³/mol. The molecule has 1 unspecified atom stereocenters. The molecule has 0 aliphatic heterocycles. The highest BCUT2D eigenvalue weighted by molar-refractivity contribution is 6.04. The molecule has 0 radical (unpaired) electrons. The number of nitrogens with zero attached hydrogens (tertiary/aromatic N) is 1. The fourth-order valence-corrected chi connectivity index (χ4v) is 2.45. The molecule has 2 heterocycles. The van der Waals surface area contributed by atoms with Crippen LogP contribution in [-0.2, 0) is 6.54 Å². The Bertz CT molecular complexity index is 877. The average Bonchev–Trinajstić information content (AvgIpc) is 3.23. The van der Waals surface area contributed by atoms with Crippen LogP contribution in [0.25, 0.3) is 0 Å². The van der Waals surface area contributed by atoms with Gasteiger partial charge in [0.25, 0.3) is 5.91 Å². The Labute approximate surface area is 156 Å². The van der Waals surface area contributed by atoms with Gasteiger partial charge in [0, 0.05) is 30.2 Å². The number of hydrogen-bond acceptors (Lipinski definition) is 4. The number of hydrogen-bond donors (Lipinski definition) is 3. The first-order chi connectivity index (χ1) is 13.1. The number of furan rings is 1. The molecule has 27 heavy (non-hydrogen) atoms. The van der Waals surface area contributed by atoms with E-state index < -0.39 is 0 Å². The molecule has 138 valence electrons. The van der Waals surface area contributed by atoms with Gasteiger partial charge in [-0.2, -0.15) is 0 Å². The van der Waals surface area contributed by atoms with Crippen LogP contribution in [0.1, 0.15) is 34.6 Å². The minimum atomic E-state index is -0.283. The van der Waals surface area contributed by atoms with Gasteiger partial charge in [0.05, 0.1) is 12.3 Å². The van der Waals surface area contributed by atoms with E-state index in [4.69, 9.17) is 4.42 Å². The van der Waals surface area contributed by atoms with E-state index >= 15 is 0 Å². The maximum absolute atomic E-state index is 12.1. The van der Waals surface area contributed by atoms with Gasteiger partial charge in [0.1, 0.15) is 5.76 Å². The number of pyridine rings is 1. The first-order valence-corrected chi connectivity index (χ1v) is 8.50. The molecule has 0 aliphatic carbocycles. The molecular formula is C20H20N4O3. The van der Waals surface area contributed by atoms with Crippen molar-refractivity contribution in [2.24, 2.45) is 0 Å². The van der Waals surface area contributed by atoms with Gasteiger partial charge in [0.2, 0.25) is 0 Å². The molecule has 0 fully saturated rings. The first-order valence-electron chi connectivity index (χ1n) is 8.50. The van der Waals surface area contributed by atoms with Crippen molar-refractivity contribution in [2.45, 2.75) is 19.5 Å². The van der Waals surface area contributed by atoms with E-state index in [2.05, 4.69) is 20.9 Å². The summed E-state index contributed by atoms with van der Waals surface area (Å²) in [5.74, 6) is 0.494. The van der Waals surface area contributed by atoms with Crippen molar-refractivity contribution in [3.05, 3.63) is 84.1 Å². The van der Waals surface area contributed by atoms with Crippen LogP contribution in [0.4, 0.5) is 10.5 Å². The van der Waals surface area contributed by atoms with Gasteiger partial charge in [-0.1, -0.05) is 12.1 Å². The number of carbonyl (C=O) groups is 2. The summed E-state index contributed by atoms with van der Waals surface area (Å²) in [6.07, 6.45) is 4.71. The largest absolute Gasteiger partial charge is 0.467 e. The fourth-order valence-electron chi connectivity index (χ4n) is 2.45. The third kappa shape index (κ3) is 5.18. The van der Waals surface area contributed by atoms with Crippen LogP contribution in [0.15, 0.2) is 71.6 Å². The molecule has 3 rings (SSSR count). The van der Waals surface area contributed by atoms with Gasteiger partial charge in [-0.25, -0.2) is 4.79 Å². The summed E-state index contributed by atoms with van der Waals surface area (Å²) in [6, 6.07) is 13.7. The lowest BCUT2D eigenvalue weighted by Crippen LogP contribution is -2.36. The highest BCUT2D eigenvalue weighted by atomic mass is 16.3. The molecule has 0 saturated heterocycles. The Kier molecular flexibility index (Phi) is 5.84. The molecule has 2 aromatic heterocycles. The van der Waals surface area contributed by atoms with Gasteiger partial charge >= 0.3 is 6.03 Å². The van der Waals surface area contributed by atoms with Gasteiger partial charge < -0.3 is 20.4 Å². The average molecular weight is 364 g/mol. The summed E-state index contributed by atoms with van der Waals surface area (Å²) >= 11 is 0. The van der Waals surface area contributed by atoms with Gasteiger partial charge in [0.15, 0.2) is 0 Å². The fraction of sp³-hybridized carbons (Fsp3) is 0.150. The molecule has 3 amide bonds. The Hall–Kier alpha value is -3.61. The minimum Gasteiger partial charge on any atom is -0.467 e. The number of benzene rings is 1. The molecule has 0 spiro atoms. The van der Waals surface area contributed by atoms with E-state index in [1.807, 2.05) is 25.1 Å². The number of amides is 3. The molecular weight excluding hydrogens is 344 g/mol. The number of carbonyl (C=O) groups excluding carboxylic acids is 2. The zero-order valence-corrected chi connectivity index (χ0v) is 14.8. The number of anilines is 1. The Balaban J connectivity index is 1.47. The molecule has 7 nitrogen and oxygen atoms in total. The standard InChI is InChI=1S/C20H20N4O3/c1-14(18-3-2-12-27-18)23-20(26)22-13-15-4-6-17(7-5-15)24-19(25)16-8-10-21-11-9-16/h2-12,14H,13H2,1H3,(H,24,25)(H2,22,23,26). The lowest BCUT2D eigenvalue weighted by atomic mass is 10.2. The molecule has 3 aromatic rings. The molecule has 3 N–H and O–H groups in total. The van der Waals surface area contributed by atoms with Crippen molar-refractivity contribution in [3.8, 4) is 0 Å². The van der Waals surface area contributed by atoms with Crippen molar-refractivity contribution in [3.63, 3.8) is 0 Å². The van der Waals surface area contributed by atoms with Crippen LogP contribution < -0.4 is 16.0 Å². The number of nitrogens with one attached hydrogen (secondary N) is 3. The third-order valence-corrected chi connectivity index (χ3v) is 3.92. The van der Waals surface area contributed by atoms with Crippen molar-refractivity contribution >= 4 is 17.6 Å². The quantitative estimate of drug-likeness (QED) is 0.624. The lowest BCUT2D eigenvalue weighted by molar-refractivity contribution is 0.102. The van der Waals surface area contributed by atoms with Crippen LogP contribution >= 0.6 is 0 Å². The molecule has 1 aromatic carbocycles. The molecule has 0 bridgehead atoms. The number of aromatic nitrogens is 1. The van der Waals surface area contributed by atoms with E-state index in [1.54, 1.807) is 49.0 Å². The van der Waals surface area contributed by atoms with E-state index in [-0.39, 0.29) is 18.0 Å². The summed E-state index contributed by atoms with van der Waals surface area (Å²) in [6.45, 7) is 2.22. The van der Waals surface area contributed by atoms with Crippen LogP contribution in [0.3, 0.4) is 0 Å². The second-order valence-corrected chi connectivity index (χ2v) is 5.95. The van der Waals surface area contributed by atoms with Crippen molar-refractivity contribution in [1.82, 2.24) is 15.6 Å². The molecule has 0 saturated carbocycles. The molecule has 0 aliphatic rings. The third-order valence-electron chi connectivity index (χ3n) is 3.92. The zero-order chi connectivity index (χ0) is 19.1. The summed E-state index contributed by atoms with van der Waals surface area (Å²) in [5, 5.41) is 8.41. The van der Waals surface area contributed by atoms with E-state index in [0.29, 0.717) is 23.6 Å². The summed E-state index contributed by atoms with van der Waals surface area (Å²) in [4.78, 5) is 28.0. The predicted octanol–water partition coefficient (Wildman–Crippen LogP) is 3.49. The van der Waals surface area contributed by atoms with Crippen molar-refractivity contribution in [1.29, 1.82) is 0 Å². The van der Waals surface area contributed by atoms with Crippen molar-refractivity contribution in [2.75, 3.05) is 5.32 Å². The second kappa shape index (κ2) is 8.66. The normalized spacial score (nSPS) is 11.4. The summed E-state index contributed by atoms with van der Waals surface area (Å²) in [7, 11) is 0. The summed E-state index contributed by atoms with van der Waals surface area (Å²) < 4.78 is 5.26. The SMILES string of the molecule is CC(NC(=O)NCc1ccc(NC(=O)c2ccncc2)cc1)c1ccco1. The highest BCUT2D eigenvalue weighted by Crippen LogP contribution is 2.13. The Morgan fingerprint density at radius 1 is 1.07 bits per heavy atom. The number of urea groups is 1. The van der Waals surface area contributed by atoms with Gasteiger partial charge in [-0.15, -0.1) is 0 Å². The topological polar surface area (TPSA) is 96.3 Å². The Morgan fingerprint density at radius 3 is 2.48 bits per heavy atom. The Morgan fingerprint density at radius 2 is 1.81 bits per heavy atom. The number of rotatable bonds is 6. The van der Waals surface area contributed by atoms with Crippen LogP contribution in [0.5, 0.6) is 0 Å². The smallest absolute Gasteiger partial charge is 0.315 e. The van der Waals surface area contributed by atoms with Crippen LogP contribution in [0.2, 0.25) is 0 Å². The highest BCUT2D eigenvalue weighted by Gasteiger charge is 2.11. The monoisotopic (exact) mass is 364 g/mol. The zero-order valence-electron chi connectivity index (χ0n) is 14.8. The minimum absolute atomic E-state index is 0.199. The molecule has 1 atom stereocenters. The van der Waals surface area contributed by atoms with E-state index in [0.717, 1.165) is 5.56 Å². The second-order valence-electron chi connectivity index (χ2n) is 5.95. The van der Waals surface area contributed by atoms with E-state index in [1.165, 1.54) is 0 Å². The van der Waals surface area contributed by atoms with Gasteiger partial charge in [-0.3, -0.25) is 9.78 Å². The lowest BCUT2D eigenvalue weighted by Gasteiger charge is -2.13. The van der Waals surface area contributed by atoms with Crippen molar-refractivity contribution < 1.29 is 14.0 Å². The summed E-state index contributed by atoms with van der Waals surface area (Å²) in [5.41, 5.74) is 2.13. The van der Waals surface area contributed by atoms with Gasteiger partial charge in [-0.05, 0) is 48.9 Å². The maximum atomic E-state index is 12.1. The molecule has 7 heteroatoms. The van der Waals surface area contributed by atoms with E-state index in [9.17, 15) is 9.59 Å². The maximum Gasteiger partial charge on any atom is 0.315 e. The van der Waals surface area contributed by atoms with Crippen LogP contribution in [-0.4, -0.2) is 16.9 Å². The van der Waals surface area contributed by atoms with Crippen LogP contribution in [0, 0.1) is 0 Å². The first kappa shape index (κ1) is 18.2.